The first-order valence-corrected chi connectivity index (χ1v) is 12.5. The number of ether oxygens (including phenoxy) is 2. The van der Waals surface area contributed by atoms with E-state index < -0.39 is 23.9 Å². The summed E-state index contributed by atoms with van der Waals surface area (Å²) < 4.78 is 10.9. The van der Waals surface area contributed by atoms with Gasteiger partial charge in [0.2, 0.25) is 0 Å². The molecular weight excluding hydrogens is 521 g/mol. The summed E-state index contributed by atoms with van der Waals surface area (Å²) in [5, 5.41) is 13.5. The molecule has 0 bridgehead atoms. The number of carbonyl (C=O) groups excluding carboxylic acids is 2. The summed E-state index contributed by atoms with van der Waals surface area (Å²) in [4.78, 5) is 48.2. The van der Waals surface area contributed by atoms with E-state index >= 15 is 0 Å². The summed E-state index contributed by atoms with van der Waals surface area (Å²) in [6.45, 7) is 4.12. The van der Waals surface area contributed by atoms with E-state index in [0.717, 1.165) is 11.3 Å². The number of rotatable bonds is 6. The molecule has 2 aromatic rings. The normalized spacial score (nSPS) is 20.7. The second-order valence-electron chi connectivity index (χ2n) is 8.23. The van der Waals surface area contributed by atoms with Crippen molar-refractivity contribution < 1.29 is 29.0 Å². The van der Waals surface area contributed by atoms with Gasteiger partial charge in [-0.3, -0.25) is 9.59 Å². The Labute approximate surface area is 215 Å². The lowest BCUT2D eigenvalue weighted by Crippen LogP contribution is -2.55. The van der Waals surface area contributed by atoms with E-state index in [4.69, 9.17) is 32.7 Å². The number of aromatic carboxylic acids is 1. The van der Waals surface area contributed by atoms with Gasteiger partial charge in [0, 0.05) is 39.0 Å². The monoisotopic (exact) mass is 545 g/mol. The Kier molecular flexibility index (Phi) is 7.86. The van der Waals surface area contributed by atoms with Gasteiger partial charge in [-0.25, -0.2) is 9.78 Å². The number of hydrogen-bond acceptors (Lipinski definition) is 8. The van der Waals surface area contributed by atoms with Crippen LogP contribution in [0.2, 0.25) is 10.0 Å². The molecule has 2 aliphatic heterocycles. The predicted molar refractivity (Wildman–Crippen MR) is 130 cm³/mol. The zero-order valence-electron chi connectivity index (χ0n) is 19.1. The molecule has 0 saturated carbocycles. The van der Waals surface area contributed by atoms with Gasteiger partial charge in [0.15, 0.2) is 10.8 Å². The largest absolute Gasteiger partial charge is 0.477 e. The van der Waals surface area contributed by atoms with Crippen molar-refractivity contribution in [3.8, 4) is 0 Å². The molecule has 0 aromatic carbocycles. The maximum absolute atomic E-state index is 12.9. The topological polar surface area (TPSA) is 137 Å². The highest BCUT2D eigenvalue weighted by molar-refractivity contribution is 7.17. The molecule has 2 aromatic heterocycles. The number of piperidine rings is 1. The SMILES string of the molecule is CO[C@H]1CN(c2nc(C(=O)N3CCOCC3)c(C(=O)O)s2)CC[C@H]1NC(=O)c1[nH]c(C)c(Cl)c1Cl. The highest BCUT2D eigenvalue weighted by Gasteiger charge is 2.35. The smallest absolute Gasteiger partial charge is 0.348 e. The quantitative estimate of drug-likeness (QED) is 0.502. The van der Waals surface area contributed by atoms with Crippen LogP contribution in [0.5, 0.6) is 0 Å². The second kappa shape index (κ2) is 10.7. The zero-order valence-corrected chi connectivity index (χ0v) is 21.4. The summed E-state index contributed by atoms with van der Waals surface area (Å²) in [5.74, 6) is -2.02. The van der Waals surface area contributed by atoms with E-state index in [0.29, 0.717) is 61.7 Å². The number of morpholine rings is 1. The molecule has 3 N–H and O–H groups in total. The number of aromatic amines is 1. The van der Waals surface area contributed by atoms with Gasteiger partial charge in [-0.05, 0) is 13.3 Å². The molecule has 14 heteroatoms. The third kappa shape index (κ3) is 5.26. The van der Waals surface area contributed by atoms with Crippen LogP contribution < -0.4 is 10.2 Å². The third-order valence-corrected chi connectivity index (χ3v) is 8.09. The van der Waals surface area contributed by atoms with Crippen LogP contribution in [0.25, 0.3) is 0 Å². The highest BCUT2D eigenvalue weighted by Crippen LogP contribution is 2.32. The average Bonchev–Trinajstić information content (AvgIpc) is 3.42. The lowest BCUT2D eigenvalue weighted by atomic mass is 10.0. The number of nitrogens with zero attached hydrogens (tertiary/aromatic N) is 3. The van der Waals surface area contributed by atoms with Crippen LogP contribution in [0, 0.1) is 6.92 Å². The number of halogens is 2. The summed E-state index contributed by atoms with van der Waals surface area (Å²) in [5.41, 5.74) is 0.710. The lowest BCUT2D eigenvalue weighted by Gasteiger charge is -2.37. The minimum Gasteiger partial charge on any atom is -0.477 e. The fraction of sp³-hybridized carbons (Fsp3) is 0.524. The number of amides is 2. The molecule has 4 heterocycles. The van der Waals surface area contributed by atoms with Crippen LogP contribution in [0.4, 0.5) is 5.13 Å². The van der Waals surface area contributed by atoms with Crippen LogP contribution in [0.1, 0.15) is 42.8 Å². The standard InChI is InChI=1S/C21H25Cl2N5O6S/c1-10-13(22)14(23)15(24-10)18(29)25-11-3-4-28(9-12(11)33-2)21-26-16(17(35-21)20(31)32)19(30)27-5-7-34-8-6-27/h11-12,24H,3-9H2,1-2H3,(H,25,29)(H,31,32)/t11-,12+/m1/s1. The van der Waals surface area contributed by atoms with E-state index in [-0.39, 0.29) is 27.3 Å². The van der Waals surface area contributed by atoms with Crippen LogP contribution in [-0.2, 0) is 9.47 Å². The van der Waals surface area contributed by atoms with Crippen LogP contribution in [-0.4, -0.2) is 96.4 Å². The molecule has 2 saturated heterocycles. The van der Waals surface area contributed by atoms with E-state index in [2.05, 4.69) is 15.3 Å². The van der Waals surface area contributed by atoms with Crippen molar-refractivity contribution in [3.63, 3.8) is 0 Å². The van der Waals surface area contributed by atoms with Crippen LogP contribution in [0.15, 0.2) is 0 Å². The van der Waals surface area contributed by atoms with Crippen molar-refractivity contribution in [1.82, 2.24) is 20.2 Å². The van der Waals surface area contributed by atoms with Crippen molar-refractivity contribution in [2.45, 2.75) is 25.5 Å². The first-order valence-electron chi connectivity index (χ1n) is 10.9. The Morgan fingerprint density at radius 3 is 2.54 bits per heavy atom. The number of aromatic nitrogens is 2. The number of carbonyl (C=O) groups is 3. The van der Waals surface area contributed by atoms with Gasteiger partial charge in [0.05, 0.1) is 35.4 Å². The summed E-state index contributed by atoms with van der Waals surface area (Å²) >= 11 is 13.2. The molecule has 0 aliphatic carbocycles. The molecule has 2 amide bonds. The number of anilines is 1. The van der Waals surface area contributed by atoms with E-state index in [1.807, 2.05) is 4.90 Å². The van der Waals surface area contributed by atoms with Crippen LogP contribution >= 0.6 is 34.5 Å². The number of carboxylic acid groups (broad SMARTS) is 1. The van der Waals surface area contributed by atoms with Gasteiger partial charge in [-0.15, -0.1) is 0 Å². The van der Waals surface area contributed by atoms with Gasteiger partial charge in [0.1, 0.15) is 10.6 Å². The van der Waals surface area contributed by atoms with E-state index in [1.54, 1.807) is 11.8 Å². The minimum absolute atomic E-state index is 0.0718. The Morgan fingerprint density at radius 2 is 1.94 bits per heavy atom. The summed E-state index contributed by atoms with van der Waals surface area (Å²) in [6.07, 6.45) is 0.0953. The van der Waals surface area contributed by atoms with E-state index in [1.165, 1.54) is 7.11 Å². The molecule has 0 unspecified atom stereocenters. The number of thiazole rings is 1. The first kappa shape index (κ1) is 25.7. The summed E-state index contributed by atoms with van der Waals surface area (Å²) in [6, 6.07) is -0.324. The maximum Gasteiger partial charge on any atom is 0.348 e. The van der Waals surface area contributed by atoms with Crippen molar-refractivity contribution in [1.29, 1.82) is 0 Å². The maximum atomic E-state index is 12.9. The predicted octanol–water partition coefficient (Wildman–Crippen LogP) is 2.28. The molecule has 2 fully saturated rings. The van der Waals surface area contributed by atoms with Gasteiger partial charge < -0.3 is 34.7 Å². The molecule has 190 valence electrons. The third-order valence-electron chi connectivity index (χ3n) is 6.04. The molecule has 0 radical (unpaired) electrons. The van der Waals surface area contributed by atoms with Gasteiger partial charge in [-0.2, -0.15) is 0 Å². The van der Waals surface area contributed by atoms with E-state index in [9.17, 15) is 19.5 Å². The van der Waals surface area contributed by atoms with Crippen molar-refractivity contribution in [2.24, 2.45) is 0 Å². The average molecular weight is 546 g/mol. The fourth-order valence-electron chi connectivity index (χ4n) is 4.11. The number of hydrogen-bond donors (Lipinski definition) is 3. The number of aryl methyl sites for hydroxylation is 1. The molecule has 35 heavy (non-hydrogen) atoms. The number of carboxylic acids is 1. The number of nitrogens with one attached hydrogen (secondary N) is 2. The van der Waals surface area contributed by atoms with Gasteiger partial charge in [0.25, 0.3) is 11.8 Å². The Balaban J connectivity index is 1.48. The van der Waals surface area contributed by atoms with Crippen LogP contribution in [0.3, 0.4) is 0 Å². The Bertz CT molecular complexity index is 1130. The van der Waals surface area contributed by atoms with Gasteiger partial charge in [-0.1, -0.05) is 34.5 Å². The molecule has 2 atom stereocenters. The van der Waals surface area contributed by atoms with Gasteiger partial charge >= 0.3 is 5.97 Å². The molecular formula is C21H25Cl2N5O6S. The highest BCUT2D eigenvalue weighted by atomic mass is 35.5. The van der Waals surface area contributed by atoms with Crippen molar-refractivity contribution in [2.75, 3.05) is 51.4 Å². The Morgan fingerprint density at radius 1 is 1.23 bits per heavy atom. The first-order chi connectivity index (χ1) is 16.7. The zero-order chi connectivity index (χ0) is 25.3. The molecule has 0 spiro atoms. The fourth-order valence-corrected chi connectivity index (χ4v) is 5.46. The molecule has 2 aliphatic rings. The minimum atomic E-state index is -1.20. The van der Waals surface area contributed by atoms with Crippen molar-refractivity contribution in [3.05, 3.63) is 32.0 Å². The lowest BCUT2D eigenvalue weighted by molar-refractivity contribution is 0.0297. The molecule has 11 nitrogen and oxygen atoms in total. The number of methoxy groups -OCH3 is 1. The number of H-pyrrole nitrogens is 1. The molecule has 4 rings (SSSR count). The summed E-state index contributed by atoms with van der Waals surface area (Å²) in [7, 11) is 1.54. The Hall–Kier alpha value is -2.38. The second-order valence-corrected chi connectivity index (χ2v) is 9.96. The van der Waals surface area contributed by atoms with Crippen molar-refractivity contribution >= 4 is 57.5 Å².